The van der Waals surface area contributed by atoms with Crippen LogP contribution < -0.4 is 4.90 Å². The van der Waals surface area contributed by atoms with Gasteiger partial charge >= 0.3 is 0 Å². The minimum absolute atomic E-state index is 0.0893. The maximum atomic E-state index is 12.4. The molecule has 0 aromatic heterocycles. The van der Waals surface area contributed by atoms with Crippen LogP contribution in [-0.4, -0.2) is 21.8 Å². The van der Waals surface area contributed by atoms with E-state index in [0.29, 0.717) is 12.8 Å². The van der Waals surface area contributed by atoms with Crippen molar-refractivity contribution < 1.29 is 19.6 Å². The molecular weight excluding hydrogens is 276 g/mol. The van der Waals surface area contributed by atoms with E-state index in [1.807, 2.05) is 0 Å². The summed E-state index contributed by atoms with van der Waals surface area (Å²) in [5.41, 5.74) is -0.355. The highest BCUT2D eigenvalue weighted by atomic mass is 16.6. The van der Waals surface area contributed by atoms with Crippen LogP contribution in [0.5, 0.6) is 5.75 Å². The van der Waals surface area contributed by atoms with Crippen molar-refractivity contribution >= 4 is 23.2 Å². The fourth-order valence-corrected chi connectivity index (χ4v) is 3.20. The van der Waals surface area contributed by atoms with Crippen LogP contribution in [0.25, 0.3) is 0 Å². The average molecular weight is 290 g/mol. The Bertz CT molecular complexity index is 618. The molecular formula is C14H14N2O5. The number of rotatable bonds is 2. The van der Waals surface area contributed by atoms with E-state index in [0.717, 1.165) is 35.9 Å². The fourth-order valence-electron chi connectivity index (χ4n) is 3.20. The minimum atomic E-state index is -0.624. The molecule has 1 N–H and O–H groups in total. The van der Waals surface area contributed by atoms with Crippen molar-refractivity contribution in [2.24, 2.45) is 11.8 Å². The van der Waals surface area contributed by atoms with Crippen molar-refractivity contribution in [3.05, 3.63) is 28.3 Å². The first-order chi connectivity index (χ1) is 10.0. The van der Waals surface area contributed by atoms with Gasteiger partial charge in [-0.3, -0.25) is 19.7 Å². The lowest BCUT2D eigenvalue weighted by Gasteiger charge is -2.19. The smallest absolute Gasteiger partial charge is 0.271 e. The van der Waals surface area contributed by atoms with Crippen molar-refractivity contribution in [3.8, 4) is 5.75 Å². The number of aromatic hydroxyl groups is 1. The molecule has 0 bridgehead atoms. The van der Waals surface area contributed by atoms with Crippen molar-refractivity contribution in [1.82, 2.24) is 0 Å². The van der Waals surface area contributed by atoms with Gasteiger partial charge in [-0.15, -0.1) is 0 Å². The third kappa shape index (κ3) is 2.05. The number of nitrogens with zero attached hydrogens (tertiary/aromatic N) is 2. The molecule has 1 aliphatic heterocycles. The second kappa shape index (κ2) is 4.83. The van der Waals surface area contributed by atoms with E-state index in [-0.39, 0.29) is 40.8 Å². The molecule has 0 spiro atoms. The minimum Gasteiger partial charge on any atom is -0.506 e. The predicted octanol–water partition coefficient (Wildman–Crippen LogP) is 1.98. The number of phenolic OH excluding ortho intramolecular Hbond substituents is 1. The lowest BCUT2D eigenvalue weighted by atomic mass is 9.81. The Kier molecular flexibility index (Phi) is 3.12. The highest BCUT2D eigenvalue weighted by Gasteiger charge is 2.49. The summed E-state index contributed by atoms with van der Waals surface area (Å²) in [4.78, 5) is 35.9. The van der Waals surface area contributed by atoms with E-state index in [1.165, 1.54) is 0 Å². The Morgan fingerprint density at radius 1 is 1.14 bits per heavy atom. The van der Waals surface area contributed by atoms with E-state index in [4.69, 9.17) is 0 Å². The molecule has 1 aromatic rings. The molecule has 110 valence electrons. The van der Waals surface area contributed by atoms with Gasteiger partial charge in [0.15, 0.2) is 0 Å². The number of imide groups is 1. The zero-order valence-electron chi connectivity index (χ0n) is 11.2. The van der Waals surface area contributed by atoms with Gasteiger partial charge in [-0.1, -0.05) is 12.8 Å². The number of fused-ring (bicyclic) bond motifs is 1. The van der Waals surface area contributed by atoms with Crippen LogP contribution >= 0.6 is 0 Å². The summed E-state index contributed by atoms with van der Waals surface area (Å²) >= 11 is 0. The molecule has 1 aromatic carbocycles. The van der Waals surface area contributed by atoms with Gasteiger partial charge in [0.05, 0.1) is 16.8 Å². The Balaban J connectivity index is 2.04. The molecule has 1 heterocycles. The summed E-state index contributed by atoms with van der Waals surface area (Å²) in [5, 5.41) is 20.7. The number of anilines is 1. The van der Waals surface area contributed by atoms with Crippen molar-refractivity contribution in [2.45, 2.75) is 25.7 Å². The van der Waals surface area contributed by atoms with Crippen LogP contribution in [0.1, 0.15) is 25.7 Å². The molecule has 1 saturated heterocycles. The number of hydrogen-bond acceptors (Lipinski definition) is 5. The van der Waals surface area contributed by atoms with Crippen LogP contribution in [-0.2, 0) is 9.59 Å². The van der Waals surface area contributed by atoms with E-state index in [2.05, 4.69) is 0 Å². The van der Waals surface area contributed by atoms with Gasteiger partial charge in [-0.25, -0.2) is 4.90 Å². The number of hydrogen-bond donors (Lipinski definition) is 1. The maximum absolute atomic E-state index is 12.4. The average Bonchev–Trinajstić information content (AvgIpc) is 2.72. The number of amides is 2. The molecule has 0 radical (unpaired) electrons. The van der Waals surface area contributed by atoms with Crippen LogP contribution in [0.4, 0.5) is 11.4 Å². The summed E-state index contributed by atoms with van der Waals surface area (Å²) in [5.74, 6) is -1.74. The summed E-state index contributed by atoms with van der Waals surface area (Å²) < 4.78 is 0. The van der Waals surface area contributed by atoms with Crippen molar-refractivity contribution in [1.29, 1.82) is 0 Å². The molecule has 2 fully saturated rings. The molecule has 7 heteroatoms. The zero-order chi connectivity index (χ0) is 15.1. The normalized spacial score (nSPS) is 25.0. The molecule has 3 rings (SSSR count). The molecule has 2 unspecified atom stereocenters. The molecule has 21 heavy (non-hydrogen) atoms. The largest absolute Gasteiger partial charge is 0.506 e. The molecule has 2 aliphatic rings. The monoisotopic (exact) mass is 290 g/mol. The van der Waals surface area contributed by atoms with Gasteiger partial charge in [0.1, 0.15) is 11.4 Å². The summed E-state index contributed by atoms with van der Waals surface area (Å²) in [6.45, 7) is 0. The zero-order valence-corrected chi connectivity index (χ0v) is 11.2. The second-order valence-corrected chi connectivity index (χ2v) is 5.44. The fraction of sp³-hybridized carbons (Fsp3) is 0.429. The Labute approximate surface area is 120 Å². The number of carbonyl (C=O) groups excluding carboxylic acids is 2. The first-order valence-corrected chi connectivity index (χ1v) is 6.86. The van der Waals surface area contributed by atoms with Crippen molar-refractivity contribution in [3.63, 3.8) is 0 Å². The lowest BCUT2D eigenvalue weighted by molar-refractivity contribution is -0.384. The quantitative estimate of drug-likeness (QED) is 0.510. The van der Waals surface area contributed by atoms with Crippen LogP contribution in [0, 0.1) is 22.0 Å². The lowest BCUT2D eigenvalue weighted by Crippen LogP contribution is -2.30. The van der Waals surface area contributed by atoms with Crippen LogP contribution in [0.15, 0.2) is 18.2 Å². The number of phenols is 1. The van der Waals surface area contributed by atoms with E-state index >= 15 is 0 Å². The van der Waals surface area contributed by atoms with Gasteiger partial charge in [0, 0.05) is 12.1 Å². The molecule has 2 atom stereocenters. The predicted molar refractivity (Wildman–Crippen MR) is 72.7 cm³/mol. The highest BCUT2D eigenvalue weighted by Crippen LogP contribution is 2.43. The van der Waals surface area contributed by atoms with Crippen LogP contribution in [0.2, 0.25) is 0 Å². The topological polar surface area (TPSA) is 101 Å². The van der Waals surface area contributed by atoms with E-state index in [1.54, 1.807) is 0 Å². The SMILES string of the molecule is O=C1C2CCCCC2C(=O)N1c1cc([N+](=O)[O-])ccc1O. The number of benzene rings is 1. The number of nitro groups is 1. The van der Waals surface area contributed by atoms with Crippen LogP contribution in [0.3, 0.4) is 0 Å². The molecule has 2 amide bonds. The van der Waals surface area contributed by atoms with Gasteiger partial charge in [0.2, 0.25) is 11.8 Å². The first-order valence-electron chi connectivity index (χ1n) is 6.86. The summed E-state index contributed by atoms with van der Waals surface area (Å²) in [6, 6.07) is 3.34. The third-order valence-electron chi connectivity index (χ3n) is 4.25. The molecule has 1 saturated carbocycles. The Hall–Kier alpha value is -2.44. The van der Waals surface area contributed by atoms with Gasteiger partial charge in [-0.2, -0.15) is 0 Å². The highest BCUT2D eigenvalue weighted by molar-refractivity contribution is 6.22. The van der Waals surface area contributed by atoms with Crippen molar-refractivity contribution in [2.75, 3.05) is 4.90 Å². The van der Waals surface area contributed by atoms with Gasteiger partial charge in [-0.05, 0) is 18.9 Å². The second-order valence-electron chi connectivity index (χ2n) is 5.44. The first kappa shape index (κ1) is 13.5. The van der Waals surface area contributed by atoms with Gasteiger partial charge in [0.25, 0.3) is 5.69 Å². The molecule has 7 nitrogen and oxygen atoms in total. The Morgan fingerprint density at radius 3 is 2.24 bits per heavy atom. The van der Waals surface area contributed by atoms with E-state index in [9.17, 15) is 24.8 Å². The number of nitro benzene ring substituents is 1. The molecule has 1 aliphatic carbocycles. The number of carbonyl (C=O) groups is 2. The van der Waals surface area contributed by atoms with Gasteiger partial charge < -0.3 is 5.11 Å². The summed E-state index contributed by atoms with van der Waals surface area (Å²) in [6.07, 6.45) is 3.10. The number of non-ortho nitro benzene ring substituents is 1. The summed E-state index contributed by atoms with van der Waals surface area (Å²) in [7, 11) is 0. The maximum Gasteiger partial charge on any atom is 0.271 e. The third-order valence-corrected chi connectivity index (χ3v) is 4.25. The standard InChI is InChI=1S/C14H14N2O5/c17-12-6-5-8(16(20)21)7-11(12)15-13(18)9-3-1-2-4-10(9)14(15)19/h5-7,9-10,17H,1-4H2. The van der Waals surface area contributed by atoms with E-state index < -0.39 is 4.92 Å². The Morgan fingerprint density at radius 2 is 1.71 bits per heavy atom.